The fraction of sp³-hybridized carbons (Fsp3) is 0.241. The number of nitro groups is 1. The predicted octanol–water partition coefficient (Wildman–Crippen LogP) is 3.00. The molecule has 0 unspecified atom stereocenters. The topological polar surface area (TPSA) is 195 Å². The molecule has 13 heteroatoms. The zero-order valence-electron chi connectivity index (χ0n) is 22.7. The summed E-state index contributed by atoms with van der Waals surface area (Å²) in [6, 6.07) is 20.4. The summed E-state index contributed by atoms with van der Waals surface area (Å²) >= 11 is 0. The van der Waals surface area contributed by atoms with E-state index < -0.39 is 40.9 Å². The SMILES string of the molecule is NC(=O)NCCC[C@H](NC(=O)[C@H](Cc1ccccc1)NC(=O)OCc1ccccc1)C(=O)Nc1ccc([N+](=O)[O-])cc1. The number of nitrogens with zero attached hydrogens (tertiary/aromatic N) is 1. The lowest BCUT2D eigenvalue weighted by atomic mass is 10.0. The largest absolute Gasteiger partial charge is 0.445 e. The number of amides is 5. The highest BCUT2D eigenvalue weighted by atomic mass is 16.6. The predicted molar refractivity (Wildman–Crippen MR) is 154 cm³/mol. The molecule has 0 saturated heterocycles. The van der Waals surface area contributed by atoms with E-state index in [9.17, 15) is 29.3 Å². The number of rotatable bonds is 14. The number of anilines is 1. The fourth-order valence-electron chi connectivity index (χ4n) is 3.92. The average molecular weight is 577 g/mol. The number of nitro benzene ring substituents is 1. The van der Waals surface area contributed by atoms with Crippen molar-refractivity contribution in [1.29, 1.82) is 0 Å². The van der Waals surface area contributed by atoms with Crippen LogP contribution in [0.4, 0.5) is 21.0 Å². The number of hydrogen-bond acceptors (Lipinski definition) is 7. The van der Waals surface area contributed by atoms with Crippen molar-refractivity contribution in [2.75, 3.05) is 11.9 Å². The molecule has 0 heterocycles. The maximum Gasteiger partial charge on any atom is 0.408 e. The lowest BCUT2D eigenvalue weighted by Crippen LogP contribution is -2.53. The summed E-state index contributed by atoms with van der Waals surface area (Å²) < 4.78 is 5.30. The first-order chi connectivity index (χ1) is 20.2. The van der Waals surface area contributed by atoms with Gasteiger partial charge in [-0.25, -0.2) is 9.59 Å². The van der Waals surface area contributed by atoms with Crippen molar-refractivity contribution >= 4 is 35.3 Å². The van der Waals surface area contributed by atoms with Crippen molar-refractivity contribution in [3.8, 4) is 0 Å². The number of primary amides is 1. The maximum absolute atomic E-state index is 13.5. The smallest absolute Gasteiger partial charge is 0.408 e. The van der Waals surface area contributed by atoms with E-state index in [0.717, 1.165) is 11.1 Å². The second kappa shape index (κ2) is 16.0. The van der Waals surface area contributed by atoms with Crippen LogP contribution in [0.2, 0.25) is 0 Å². The van der Waals surface area contributed by atoms with E-state index >= 15 is 0 Å². The van der Waals surface area contributed by atoms with Gasteiger partial charge in [0, 0.05) is 30.8 Å². The molecule has 5 amide bonds. The molecule has 0 aromatic heterocycles. The molecule has 0 spiro atoms. The van der Waals surface area contributed by atoms with Gasteiger partial charge >= 0.3 is 12.1 Å². The van der Waals surface area contributed by atoms with E-state index in [-0.39, 0.29) is 43.8 Å². The van der Waals surface area contributed by atoms with Crippen LogP contribution in [-0.2, 0) is 27.4 Å². The third-order valence-electron chi connectivity index (χ3n) is 6.05. The molecule has 0 aliphatic heterocycles. The van der Waals surface area contributed by atoms with Gasteiger partial charge in [0.05, 0.1) is 4.92 Å². The summed E-state index contributed by atoms with van der Waals surface area (Å²) in [4.78, 5) is 60.7. The van der Waals surface area contributed by atoms with Gasteiger partial charge < -0.3 is 31.7 Å². The Morgan fingerprint density at radius 1 is 0.810 bits per heavy atom. The Kier molecular flexibility index (Phi) is 11.8. The molecule has 42 heavy (non-hydrogen) atoms. The molecule has 3 aromatic rings. The zero-order valence-corrected chi connectivity index (χ0v) is 22.7. The molecular formula is C29H32N6O7. The minimum absolute atomic E-state index is 0.000515. The lowest BCUT2D eigenvalue weighted by Gasteiger charge is -2.23. The standard InChI is InChI=1S/C29H32N6O7/c30-28(38)31-17-7-12-24(26(36)32-22-13-15-23(16-14-22)35(40)41)33-27(37)25(18-20-8-3-1-4-9-20)34-29(39)42-19-21-10-5-2-6-11-21/h1-6,8-11,13-16,24-25H,7,12,17-19H2,(H,32,36)(H,33,37)(H,34,39)(H3,30,31,38)/t24-,25-/m0/s1. The molecule has 2 atom stereocenters. The van der Waals surface area contributed by atoms with Crippen LogP contribution < -0.4 is 27.0 Å². The molecule has 13 nitrogen and oxygen atoms in total. The molecular weight excluding hydrogens is 544 g/mol. The van der Waals surface area contributed by atoms with E-state index in [2.05, 4.69) is 21.3 Å². The third-order valence-corrected chi connectivity index (χ3v) is 6.05. The van der Waals surface area contributed by atoms with Crippen molar-refractivity contribution in [3.05, 3.63) is 106 Å². The third kappa shape index (κ3) is 10.6. The molecule has 0 aliphatic rings. The number of carbonyl (C=O) groups is 4. The molecule has 0 aliphatic carbocycles. The highest BCUT2D eigenvalue weighted by molar-refractivity contribution is 5.98. The van der Waals surface area contributed by atoms with E-state index in [1.54, 1.807) is 36.4 Å². The van der Waals surface area contributed by atoms with Crippen molar-refractivity contribution in [2.24, 2.45) is 5.73 Å². The van der Waals surface area contributed by atoms with Crippen LogP contribution in [0.1, 0.15) is 24.0 Å². The minimum atomic E-state index is -1.09. The molecule has 0 radical (unpaired) electrons. The lowest BCUT2D eigenvalue weighted by molar-refractivity contribution is -0.384. The van der Waals surface area contributed by atoms with Crippen LogP contribution in [0.25, 0.3) is 0 Å². The van der Waals surface area contributed by atoms with Crippen LogP contribution in [-0.4, -0.2) is 47.5 Å². The summed E-state index contributed by atoms with van der Waals surface area (Å²) in [5, 5.41) is 21.3. The number of carbonyl (C=O) groups excluding carboxylic acids is 4. The number of nitrogens with two attached hydrogens (primary N) is 1. The monoisotopic (exact) mass is 576 g/mol. The number of hydrogen-bond donors (Lipinski definition) is 5. The van der Waals surface area contributed by atoms with Gasteiger partial charge in [0.25, 0.3) is 5.69 Å². The van der Waals surface area contributed by atoms with Gasteiger partial charge in [-0.2, -0.15) is 0 Å². The Hall–Kier alpha value is -5.46. The Morgan fingerprint density at radius 3 is 2.02 bits per heavy atom. The summed E-state index contributed by atoms with van der Waals surface area (Å²) in [6.07, 6.45) is -0.293. The summed E-state index contributed by atoms with van der Waals surface area (Å²) in [5.74, 6) is -1.23. The first kappa shape index (κ1) is 31.1. The fourth-order valence-corrected chi connectivity index (χ4v) is 3.92. The molecule has 3 rings (SSSR count). The van der Waals surface area contributed by atoms with Gasteiger partial charge in [-0.15, -0.1) is 0 Å². The van der Waals surface area contributed by atoms with Gasteiger partial charge in [0.2, 0.25) is 11.8 Å². The van der Waals surface area contributed by atoms with Crippen molar-refractivity contribution in [1.82, 2.24) is 16.0 Å². The quantitative estimate of drug-likeness (QED) is 0.110. The van der Waals surface area contributed by atoms with Crippen LogP contribution in [0, 0.1) is 10.1 Å². The van der Waals surface area contributed by atoms with E-state index in [1.807, 2.05) is 24.3 Å². The maximum atomic E-state index is 13.5. The van der Waals surface area contributed by atoms with Crippen LogP contribution in [0.15, 0.2) is 84.9 Å². The first-order valence-electron chi connectivity index (χ1n) is 13.1. The normalized spacial score (nSPS) is 11.8. The first-order valence-corrected chi connectivity index (χ1v) is 13.1. The Bertz CT molecular complexity index is 1350. The minimum Gasteiger partial charge on any atom is -0.445 e. The number of nitrogens with one attached hydrogen (secondary N) is 4. The molecule has 0 bridgehead atoms. The Morgan fingerprint density at radius 2 is 1.43 bits per heavy atom. The second-order valence-electron chi connectivity index (χ2n) is 9.24. The molecule has 3 aromatic carbocycles. The summed E-state index contributed by atoms with van der Waals surface area (Å²) in [6.45, 7) is 0.156. The summed E-state index contributed by atoms with van der Waals surface area (Å²) in [5.41, 5.74) is 6.77. The number of urea groups is 1. The number of non-ortho nitro benzene ring substituents is 1. The van der Waals surface area contributed by atoms with Gasteiger partial charge in [0.1, 0.15) is 18.7 Å². The van der Waals surface area contributed by atoms with Crippen molar-refractivity contribution < 1.29 is 28.8 Å². The highest BCUT2D eigenvalue weighted by Gasteiger charge is 2.27. The van der Waals surface area contributed by atoms with Crippen LogP contribution >= 0.6 is 0 Å². The number of alkyl carbamates (subject to hydrolysis) is 1. The zero-order chi connectivity index (χ0) is 30.3. The van der Waals surface area contributed by atoms with E-state index in [0.29, 0.717) is 0 Å². The Balaban J connectivity index is 1.72. The number of benzene rings is 3. The van der Waals surface area contributed by atoms with Crippen LogP contribution in [0.5, 0.6) is 0 Å². The molecule has 220 valence electrons. The van der Waals surface area contributed by atoms with Crippen molar-refractivity contribution in [2.45, 2.75) is 38.0 Å². The highest BCUT2D eigenvalue weighted by Crippen LogP contribution is 2.16. The molecule has 6 N–H and O–H groups in total. The second-order valence-corrected chi connectivity index (χ2v) is 9.24. The molecule has 0 saturated carbocycles. The van der Waals surface area contributed by atoms with E-state index in [4.69, 9.17) is 10.5 Å². The van der Waals surface area contributed by atoms with Gasteiger partial charge in [0.15, 0.2) is 0 Å². The average Bonchev–Trinajstić information content (AvgIpc) is 2.98. The van der Waals surface area contributed by atoms with Gasteiger partial charge in [-0.1, -0.05) is 60.7 Å². The van der Waals surface area contributed by atoms with E-state index in [1.165, 1.54) is 24.3 Å². The number of ether oxygens (including phenoxy) is 1. The molecule has 0 fully saturated rings. The van der Waals surface area contributed by atoms with Crippen molar-refractivity contribution in [3.63, 3.8) is 0 Å². The Labute approximate surface area is 242 Å². The van der Waals surface area contributed by atoms with Gasteiger partial charge in [-0.3, -0.25) is 19.7 Å². The summed E-state index contributed by atoms with van der Waals surface area (Å²) in [7, 11) is 0. The van der Waals surface area contributed by atoms with Gasteiger partial charge in [-0.05, 0) is 36.1 Å². The van der Waals surface area contributed by atoms with Crippen LogP contribution in [0.3, 0.4) is 0 Å².